The van der Waals surface area contributed by atoms with E-state index in [2.05, 4.69) is 21.2 Å². The third-order valence-corrected chi connectivity index (χ3v) is 3.26. The molecular weight excluding hydrogens is 238 g/mol. The molecule has 0 aromatic carbocycles. The lowest BCUT2D eigenvalue weighted by atomic mass is 10.1. The van der Waals surface area contributed by atoms with E-state index in [0.717, 1.165) is 24.4 Å². The molecule has 104 valence electrons. The highest BCUT2D eigenvalue weighted by Crippen LogP contribution is 2.15. The van der Waals surface area contributed by atoms with Crippen LogP contribution in [-0.2, 0) is 6.54 Å². The molecule has 0 saturated heterocycles. The monoisotopic (exact) mass is 261 g/mol. The molecule has 2 heterocycles. The summed E-state index contributed by atoms with van der Waals surface area (Å²) in [7, 11) is 0. The van der Waals surface area contributed by atoms with E-state index in [-0.39, 0.29) is 0 Å². The zero-order chi connectivity index (χ0) is 14.0. The molecule has 4 nitrogen and oxygen atoms in total. The average Bonchev–Trinajstić information content (AvgIpc) is 2.63. The summed E-state index contributed by atoms with van der Waals surface area (Å²) < 4.78 is 2.13. The highest BCUT2D eigenvalue weighted by molar-refractivity contribution is 5.42. The smallest absolute Gasteiger partial charge is 0.137 e. The molecule has 0 spiro atoms. The van der Waals surface area contributed by atoms with Crippen molar-refractivity contribution in [2.45, 2.75) is 39.8 Å². The van der Waals surface area contributed by atoms with Gasteiger partial charge in [0.2, 0.25) is 0 Å². The molecule has 2 aromatic rings. The van der Waals surface area contributed by atoms with Crippen LogP contribution in [0.1, 0.15) is 32.2 Å². The lowest BCUT2D eigenvalue weighted by Crippen LogP contribution is -2.38. The zero-order valence-corrected chi connectivity index (χ0v) is 12.2. The molecule has 19 heavy (non-hydrogen) atoms. The van der Waals surface area contributed by atoms with Gasteiger partial charge in [-0.15, -0.1) is 0 Å². The highest BCUT2D eigenvalue weighted by Gasteiger charge is 2.19. The van der Waals surface area contributed by atoms with Gasteiger partial charge < -0.3 is 9.51 Å². The summed E-state index contributed by atoms with van der Waals surface area (Å²) in [5.41, 5.74) is 2.56. The van der Waals surface area contributed by atoms with Gasteiger partial charge >= 0.3 is 0 Å². The predicted octanol–water partition coefficient (Wildman–Crippen LogP) is 2.24. The maximum atomic E-state index is 9.97. The summed E-state index contributed by atoms with van der Waals surface area (Å²) in [5, 5.41) is 9.97. The van der Waals surface area contributed by atoms with Crippen LogP contribution in [0, 0.1) is 6.92 Å². The summed E-state index contributed by atoms with van der Waals surface area (Å²) in [5.74, 6) is 0. The van der Waals surface area contributed by atoms with Crippen LogP contribution in [0.25, 0.3) is 5.65 Å². The van der Waals surface area contributed by atoms with Crippen molar-refractivity contribution in [1.29, 1.82) is 0 Å². The van der Waals surface area contributed by atoms with Crippen LogP contribution in [0.5, 0.6) is 0 Å². The largest absolute Gasteiger partial charge is 0.389 e. The first kappa shape index (κ1) is 14.0. The van der Waals surface area contributed by atoms with E-state index in [0.29, 0.717) is 6.54 Å². The Bertz CT molecular complexity index is 554. The number of nitrogens with zero attached hydrogens (tertiary/aromatic N) is 3. The lowest BCUT2D eigenvalue weighted by Gasteiger charge is -2.27. The molecule has 0 saturated carbocycles. The fraction of sp³-hybridized carbons (Fsp3) is 0.533. The molecule has 0 amide bonds. The molecule has 0 aliphatic rings. The summed E-state index contributed by atoms with van der Waals surface area (Å²) in [6, 6.07) is 6.03. The topological polar surface area (TPSA) is 40.8 Å². The molecule has 0 atom stereocenters. The number of pyridine rings is 1. The van der Waals surface area contributed by atoms with E-state index in [4.69, 9.17) is 0 Å². The Balaban J connectivity index is 2.26. The number of aromatic nitrogens is 2. The fourth-order valence-electron chi connectivity index (χ4n) is 2.39. The van der Waals surface area contributed by atoms with Crippen LogP contribution >= 0.6 is 0 Å². The van der Waals surface area contributed by atoms with Crippen molar-refractivity contribution in [3.8, 4) is 0 Å². The highest BCUT2D eigenvalue weighted by atomic mass is 16.3. The number of imidazole rings is 1. The summed E-state index contributed by atoms with van der Waals surface area (Å²) in [4.78, 5) is 6.81. The summed E-state index contributed by atoms with van der Waals surface area (Å²) in [6.07, 6.45) is 2.04. The first-order chi connectivity index (χ1) is 8.90. The number of aliphatic hydroxyl groups is 1. The van der Waals surface area contributed by atoms with Crippen LogP contribution in [0.15, 0.2) is 24.4 Å². The van der Waals surface area contributed by atoms with Crippen LogP contribution < -0.4 is 0 Å². The number of hydrogen-bond acceptors (Lipinski definition) is 3. The second-order valence-electron chi connectivity index (χ2n) is 5.69. The molecule has 0 radical (unpaired) electrons. The van der Waals surface area contributed by atoms with Gasteiger partial charge in [0, 0.05) is 19.3 Å². The molecule has 0 aliphatic carbocycles. The van der Waals surface area contributed by atoms with Crippen molar-refractivity contribution < 1.29 is 5.11 Å². The minimum atomic E-state index is -0.676. The maximum Gasteiger partial charge on any atom is 0.137 e. The maximum absolute atomic E-state index is 9.97. The van der Waals surface area contributed by atoms with Gasteiger partial charge in [-0.2, -0.15) is 0 Å². The zero-order valence-electron chi connectivity index (χ0n) is 12.2. The second kappa shape index (κ2) is 5.31. The lowest BCUT2D eigenvalue weighted by molar-refractivity contribution is 0.0348. The van der Waals surface area contributed by atoms with Gasteiger partial charge in [-0.05, 0) is 39.4 Å². The van der Waals surface area contributed by atoms with Gasteiger partial charge in [0.1, 0.15) is 5.65 Å². The van der Waals surface area contributed by atoms with Crippen molar-refractivity contribution in [3.05, 3.63) is 35.8 Å². The van der Waals surface area contributed by atoms with Crippen molar-refractivity contribution in [1.82, 2.24) is 14.3 Å². The number of fused-ring (bicyclic) bond motifs is 1. The Hall–Kier alpha value is -1.39. The first-order valence-corrected chi connectivity index (χ1v) is 6.78. The average molecular weight is 261 g/mol. The normalized spacial score (nSPS) is 12.5. The van der Waals surface area contributed by atoms with E-state index in [9.17, 15) is 5.11 Å². The molecule has 1 N–H and O–H groups in total. The molecule has 0 unspecified atom stereocenters. The Morgan fingerprint density at radius 3 is 2.74 bits per heavy atom. The third kappa shape index (κ3) is 3.33. The van der Waals surface area contributed by atoms with Crippen LogP contribution in [0.4, 0.5) is 0 Å². The van der Waals surface area contributed by atoms with Gasteiger partial charge in [0.05, 0.1) is 17.0 Å². The summed E-state index contributed by atoms with van der Waals surface area (Å²) >= 11 is 0. The quantitative estimate of drug-likeness (QED) is 0.897. The first-order valence-electron chi connectivity index (χ1n) is 6.78. The predicted molar refractivity (Wildman–Crippen MR) is 77.2 cm³/mol. The standard InChI is InChI=1S/C15H23N3O/c1-5-17(11-15(3,4)19)10-13-12(2)16-14-8-6-7-9-18(13)14/h6-9,19H,5,10-11H2,1-4H3. The Morgan fingerprint density at radius 2 is 2.11 bits per heavy atom. The number of hydrogen-bond donors (Lipinski definition) is 1. The molecule has 2 aromatic heterocycles. The minimum Gasteiger partial charge on any atom is -0.389 e. The van der Waals surface area contributed by atoms with Crippen LogP contribution in [-0.4, -0.2) is 38.1 Å². The third-order valence-electron chi connectivity index (χ3n) is 3.26. The van der Waals surface area contributed by atoms with E-state index < -0.39 is 5.60 Å². The fourth-order valence-corrected chi connectivity index (χ4v) is 2.39. The van der Waals surface area contributed by atoms with E-state index in [1.165, 1.54) is 5.69 Å². The second-order valence-corrected chi connectivity index (χ2v) is 5.69. The summed E-state index contributed by atoms with van der Waals surface area (Å²) in [6.45, 7) is 10.2. The van der Waals surface area contributed by atoms with Crippen LogP contribution in [0.2, 0.25) is 0 Å². The molecular formula is C15H23N3O. The van der Waals surface area contributed by atoms with Crippen molar-refractivity contribution >= 4 is 5.65 Å². The number of rotatable bonds is 5. The molecule has 2 rings (SSSR count). The molecule has 0 aliphatic heterocycles. The molecule has 4 heteroatoms. The van der Waals surface area contributed by atoms with Gasteiger partial charge in [-0.1, -0.05) is 13.0 Å². The van der Waals surface area contributed by atoms with Crippen molar-refractivity contribution in [3.63, 3.8) is 0 Å². The number of aryl methyl sites for hydroxylation is 1. The van der Waals surface area contributed by atoms with E-state index >= 15 is 0 Å². The van der Waals surface area contributed by atoms with E-state index in [1.807, 2.05) is 45.2 Å². The Kier molecular flexibility index (Phi) is 3.92. The van der Waals surface area contributed by atoms with Crippen LogP contribution in [0.3, 0.4) is 0 Å². The number of likely N-dealkylation sites (N-methyl/N-ethyl adjacent to an activating group) is 1. The minimum absolute atomic E-state index is 0.656. The van der Waals surface area contributed by atoms with Gasteiger partial charge in [0.15, 0.2) is 0 Å². The van der Waals surface area contributed by atoms with Crippen molar-refractivity contribution in [2.75, 3.05) is 13.1 Å². The van der Waals surface area contributed by atoms with Gasteiger partial charge in [-0.3, -0.25) is 4.90 Å². The van der Waals surface area contributed by atoms with Gasteiger partial charge in [0.25, 0.3) is 0 Å². The molecule has 0 bridgehead atoms. The Labute approximate surface area is 114 Å². The Morgan fingerprint density at radius 1 is 1.37 bits per heavy atom. The SMILES string of the molecule is CCN(Cc1c(C)nc2ccccn12)CC(C)(C)O. The van der Waals surface area contributed by atoms with Crippen molar-refractivity contribution in [2.24, 2.45) is 0 Å². The molecule has 0 fully saturated rings. The van der Waals surface area contributed by atoms with Gasteiger partial charge in [-0.25, -0.2) is 4.98 Å². The van der Waals surface area contributed by atoms with E-state index in [1.54, 1.807) is 0 Å².